The van der Waals surface area contributed by atoms with E-state index in [-0.39, 0.29) is 23.6 Å². The lowest BCUT2D eigenvalue weighted by Gasteiger charge is -2.36. The van der Waals surface area contributed by atoms with E-state index in [2.05, 4.69) is 5.32 Å². The van der Waals surface area contributed by atoms with Gasteiger partial charge in [0.05, 0.1) is 11.5 Å². The zero-order chi connectivity index (χ0) is 12.5. The first-order valence-corrected chi connectivity index (χ1v) is 7.79. The largest absolute Gasteiger partial charge is 0.338 e. The fourth-order valence-corrected chi connectivity index (χ4v) is 4.25. The number of nitrogens with two attached hydrogens (primary N) is 1. The molecule has 2 heterocycles. The van der Waals surface area contributed by atoms with Crippen LogP contribution in [0.5, 0.6) is 0 Å². The summed E-state index contributed by atoms with van der Waals surface area (Å²) in [6.45, 7) is 1.87. The molecule has 0 radical (unpaired) electrons. The standard InChI is InChI=1S/C10H19N3O3S/c11-3-1-8-5-12-10(14)13(6-8)9-2-4-17(15,16)7-9/h8-9H,1-7,11H2,(H,12,14). The quantitative estimate of drug-likeness (QED) is 0.693. The van der Waals surface area contributed by atoms with Crippen LogP contribution in [0.2, 0.25) is 0 Å². The van der Waals surface area contributed by atoms with Crippen molar-refractivity contribution in [3.05, 3.63) is 0 Å². The minimum Gasteiger partial charge on any atom is -0.338 e. The average molecular weight is 261 g/mol. The smallest absolute Gasteiger partial charge is 0.317 e. The molecule has 2 aliphatic rings. The summed E-state index contributed by atoms with van der Waals surface area (Å²) in [4.78, 5) is 13.4. The van der Waals surface area contributed by atoms with Crippen LogP contribution in [0.25, 0.3) is 0 Å². The van der Waals surface area contributed by atoms with Crippen molar-refractivity contribution in [2.24, 2.45) is 11.7 Å². The summed E-state index contributed by atoms with van der Waals surface area (Å²) in [5.74, 6) is 0.639. The van der Waals surface area contributed by atoms with Crippen LogP contribution in [-0.4, -0.2) is 56.5 Å². The van der Waals surface area contributed by atoms with E-state index in [1.165, 1.54) is 0 Å². The lowest BCUT2D eigenvalue weighted by Crippen LogP contribution is -2.55. The van der Waals surface area contributed by atoms with Crippen molar-refractivity contribution < 1.29 is 13.2 Å². The number of carbonyl (C=O) groups excluding carboxylic acids is 1. The van der Waals surface area contributed by atoms with Crippen molar-refractivity contribution in [1.29, 1.82) is 0 Å². The van der Waals surface area contributed by atoms with E-state index < -0.39 is 9.84 Å². The van der Waals surface area contributed by atoms with Gasteiger partial charge in [-0.25, -0.2) is 13.2 Å². The highest BCUT2D eigenvalue weighted by Crippen LogP contribution is 2.21. The number of urea groups is 1. The molecule has 0 spiro atoms. The molecule has 0 aromatic heterocycles. The molecule has 2 saturated heterocycles. The van der Waals surface area contributed by atoms with Gasteiger partial charge in [0.15, 0.2) is 9.84 Å². The van der Waals surface area contributed by atoms with E-state index in [1.807, 2.05) is 0 Å². The SMILES string of the molecule is NCCC1CNC(=O)N(C2CCS(=O)(=O)C2)C1. The van der Waals surface area contributed by atoms with Crippen LogP contribution in [-0.2, 0) is 9.84 Å². The molecule has 2 atom stereocenters. The second-order valence-electron chi connectivity index (χ2n) is 4.84. The molecule has 7 heteroatoms. The Morgan fingerprint density at radius 1 is 1.47 bits per heavy atom. The summed E-state index contributed by atoms with van der Waals surface area (Å²) in [5, 5.41) is 2.81. The lowest BCUT2D eigenvalue weighted by atomic mass is 10.0. The second-order valence-corrected chi connectivity index (χ2v) is 7.07. The predicted molar refractivity (Wildman–Crippen MR) is 64.3 cm³/mol. The third kappa shape index (κ3) is 2.90. The number of amides is 2. The van der Waals surface area contributed by atoms with Crippen LogP contribution >= 0.6 is 0 Å². The molecule has 2 amide bonds. The third-order valence-corrected chi connectivity index (χ3v) is 5.23. The minimum atomic E-state index is -2.94. The Labute approximate surface area is 101 Å². The molecular formula is C10H19N3O3S. The molecule has 98 valence electrons. The van der Waals surface area contributed by atoms with Gasteiger partial charge < -0.3 is 16.0 Å². The molecule has 6 nitrogen and oxygen atoms in total. The molecule has 0 aromatic carbocycles. The molecule has 0 aliphatic carbocycles. The third-order valence-electron chi connectivity index (χ3n) is 3.48. The summed E-state index contributed by atoms with van der Waals surface area (Å²) in [6, 6.07) is -0.291. The lowest BCUT2D eigenvalue weighted by molar-refractivity contribution is 0.145. The van der Waals surface area contributed by atoms with E-state index in [0.29, 0.717) is 32.0 Å². The van der Waals surface area contributed by atoms with E-state index in [4.69, 9.17) is 5.73 Å². The highest BCUT2D eigenvalue weighted by Gasteiger charge is 2.37. The first-order chi connectivity index (χ1) is 8.02. The number of nitrogens with zero attached hydrogens (tertiary/aromatic N) is 1. The van der Waals surface area contributed by atoms with Gasteiger partial charge in [0.1, 0.15) is 0 Å². The van der Waals surface area contributed by atoms with Gasteiger partial charge in [-0.3, -0.25) is 0 Å². The number of rotatable bonds is 3. The van der Waals surface area contributed by atoms with E-state index in [9.17, 15) is 13.2 Å². The van der Waals surface area contributed by atoms with Crippen molar-refractivity contribution in [2.75, 3.05) is 31.1 Å². The maximum absolute atomic E-state index is 11.7. The Kier molecular flexibility index (Phi) is 3.58. The van der Waals surface area contributed by atoms with Crippen LogP contribution in [0, 0.1) is 5.92 Å². The molecule has 0 bridgehead atoms. The van der Waals surface area contributed by atoms with Crippen molar-refractivity contribution in [2.45, 2.75) is 18.9 Å². The summed E-state index contributed by atoms with van der Waals surface area (Å²) >= 11 is 0. The van der Waals surface area contributed by atoms with Gasteiger partial charge in [-0.2, -0.15) is 0 Å². The molecule has 0 aromatic rings. The van der Waals surface area contributed by atoms with Gasteiger partial charge in [-0.15, -0.1) is 0 Å². The molecule has 17 heavy (non-hydrogen) atoms. The van der Waals surface area contributed by atoms with Gasteiger partial charge >= 0.3 is 6.03 Å². The maximum Gasteiger partial charge on any atom is 0.317 e. The Bertz CT molecular complexity index is 396. The van der Waals surface area contributed by atoms with Gasteiger partial charge in [-0.1, -0.05) is 0 Å². The number of nitrogens with one attached hydrogen (secondary N) is 1. The van der Waals surface area contributed by atoms with Gasteiger partial charge in [0.25, 0.3) is 0 Å². The molecule has 3 N–H and O–H groups in total. The van der Waals surface area contributed by atoms with Crippen molar-refractivity contribution in [1.82, 2.24) is 10.2 Å². The molecule has 0 saturated carbocycles. The molecule has 2 fully saturated rings. The Morgan fingerprint density at radius 3 is 2.82 bits per heavy atom. The van der Waals surface area contributed by atoms with E-state index in [0.717, 1.165) is 6.42 Å². The summed E-state index contributed by atoms with van der Waals surface area (Å²) < 4.78 is 22.8. The Hall–Kier alpha value is -0.820. The van der Waals surface area contributed by atoms with Gasteiger partial charge in [0, 0.05) is 19.1 Å². The highest BCUT2D eigenvalue weighted by molar-refractivity contribution is 7.91. The molecular weight excluding hydrogens is 242 g/mol. The van der Waals surface area contributed by atoms with E-state index in [1.54, 1.807) is 4.90 Å². The number of carbonyl (C=O) groups is 1. The van der Waals surface area contributed by atoms with Gasteiger partial charge in [0.2, 0.25) is 0 Å². The Balaban J connectivity index is 2.01. The van der Waals surface area contributed by atoms with Gasteiger partial charge in [-0.05, 0) is 25.3 Å². The van der Waals surface area contributed by atoms with Crippen LogP contribution in [0.1, 0.15) is 12.8 Å². The summed E-state index contributed by atoms with van der Waals surface area (Å²) in [7, 11) is -2.94. The zero-order valence-corrected chi connectivity index (χ0v) is 10.6. The summed E-state index contributed by atoms with van der Waals surface area (Å²) in [5.41, 5.74) is 5.51. The monoisotopic (exact) mass is 261 g/mol. The number of hydrogen-bond acceptors (Lipinski definition) is 4. The molecule has 2 aliphatic heterocycles. The number of hydrogen-bond donors (Lipinski definition) is 2. The van der Waals surface area contributed by atoms with Crippen LogP contribution in [0.15, 0.2) is 0 Å². The Morgan fingerprint density at radius 2 is 2.24 bits per heavy atom. The van der Waals surface area contributed by atoms with Crippen LogP contribution in [0.3, 0.4) is 0 Å². The average Bonchev–Trinajstić information content (AvgIpc) is 2.62. The van der Waals surface area contributed by atoms with Crippen molar-refractivity contribution in [3.63, 3.8) is 0 Å². The first-order valence-electron chi connectivity index (χ1n) is 5.97. The van der Waals surface area contributed by atoms with E-state index >= 15 is 0 Å². The second kappa shape index (κ2) is 4.81. The van der Waals surface area contributed by atoms with Crippen LogP contribution < -0.4 is 11.1 Å². The van der Waals surface area contributed by atoms with Crippen LogP contribution in [0.4, 0.5) is 4.79 Å². The fraction of sp³-hybridized carbons (Fsp3) is 0.900. The predicted octanol–water partition coefficient (Wildman–Crippen LogP) is -0.836. The van der Waals surface area contributed by atoms with Crippen molar-refractivity contribution >= 4 is 15.9 Å². The molecule has 2 rings (SSSR count). The normalized spacial score (nSPS) is 32.5. The maximum atomic E-state index is 11.7. The summed E-state index contributed by atoms with van der Waals surface area (Å²) in [6.07, 6.45) is 1.42. The number of sulfone groups is 1. The zero-order valence-electron chi connectivity index (χ0n) is 9.76. The topological polar surface area (TPSA) is 92.5 Å². The fourth-order valence-electron chi connectivity index (χ4n) is 2.52. The highest BCUT2D eigenvalue weighted by atomic mass is 32.2. The van der Waals surface area contributed by atoms with Crippen molar-refractivity contribution in [3.8, 4) is 0 Å². The minimum absolute atomic E-state index is 0.107. The first kappa shape index (κ1) is 12.6. The molecule has 2 unspecified atom stereocenters.